The van der Waals surface area contributed by atoms with Crippen LogP contribution in [0.4, 0.5) is 0 Å². The van der Waals surface area contributed by atoms with Gasteiger partial charge in [0.2, 0.25) is 0 Å². The maximum absolute atomic E-state index is 12.1. The van der Waals surface area contributed by atoms with E-state index in [-0.39, 0.29) is 10.6 Å². The average molecular weight is 278 g/mol. The molecule has 0 atom stereocenters. The Morgan fingerprint density at radius 2 is 2.16 bits per heavy atom. The minimum absolute atomic E-state index is 0.0780. The van der Waals surface area contributed by atoms with Gasteiger partial charge in [-0.2, -0.15) is 5.26 Å². The molecule has 0 radical (unpaired) electrons. The van der Waals surface area contributed by atoms with Gasteiger partial charge in [0.25, 0.3) is 0 Å². The van der Waals surface area contributed by atoms with Crippen LogP contribution in [0.2, 0.25) is 0 Å². The summed E-state index contributed by atoms with van der Waals surface area (Å²) < 4.78 is 24.2. The van der Waals surface area contributed by atoms with E-state index in [2.05, 4.69) is 5.32 Å². The molecule has 0 aromatic heterocycles. The maximum atomic E-state index is 12.1. The third kappa shape index (κ3) is 3.79. The van der Waals surface area contributed by atoms with E-state index in [1.165, 1.54) is 25.3 Å². The summed E-state index contributed by atoms with van der Waals surface area (Å²) in [7, 11) is -3.29. The van der Waals surface area contributed by atoms with Crippen LogP contribution >= 0.6 is 0 Å². The zero-order chi connectivity index (χ0) is 13.7. The summed E-state index contributed by atoms with van der Waals surface area (Å²) in [5, 5.41) is 12.0. The standard InChI is InChI=1S/C14H18N2O2S/c15-10-13-5-2-6-14(9-13)19(17,18)8-7-16-11-12-3-1-4-12/h2,5-6,9,12,16H,1,3-4,7-8,11H2. The first kappa shape index (κ1) is 14.0. The largest absolute Gasteiger partial charge is 0.315 e. The summed E-state index contributed by atoms with van der Waals surface area (Å²) in [4.78, 5) is 0.233. The molecule has 1 aromatic carbocycles. The fourth-order valence-corrected chi connectivity index (χ4v) is 3.33. The second-order valence-corrected chi connectivity index (χ2v) is 7.07. The van der Waals surface area contributed by atoms with Crippen molar-refractivity contribution in [1.29, 1.82) is 5.26 Å². The van der Waals surface area contributed by atoms with Crippen LogP contribution < -0.4 is 5.32 Å². The summed E-state index contributed by atoms with van der Waals surface area (Å²) in [5.41, 5.74) is 0.378. The van der Waals surface area contributed by atoms with E-state index in [1.54, 1.807) is 18.2 Å². The molecule has 102 valence electrons. The molecular formula is C14H18N2O2S. The SMILES string of the molecule is N#Cc1cccc(S(=O)(=O)CCNCC2CCC2)c1. The van der Waals surface area contributed by atoms with Crippen LogP contribution in [0.15, 0.2) is 29.2 Å². The van der Waals surface area contributed by atoms with Gasteiger partial charge >= 0.3 is 0 Å². The summed E-state index contributed by atoms with van der Waals surface area (Å²) in [5.74, 6) is 0.804. The molecule has 0 spiro atoms. The van der Waals surface area contributed by atoms with Crippen molar-refractivity contribution in [3.8, 4) is 6.07 Å². The van der Waals surface area contributed by atoms with E-state index >= 15 is 0 Å². The molecule has 5 heteroatoms. The minimum Gasteiger partial charge on any atom is -0.315 e. The fourth-order valence-electron chi connectivity index (χ4n) is 2.09. The molecule has 1 aliphatic carbocycles. The van der Waals surface area contributed by atoms with Crippen molar-refractivity contribution in [3.63, 3.8) is 0 Å². The molecule has 1 aromatic rings. The molecule has 0 unspecified atom stereocenters. The Morgan fingerprint density at radius 1 is 1.37 bits per heavy atom. The van der Waals surface area contributed by atoms with E-state index in [9.17, 15) is 8.42 Å². The van der Waals surface area contributed by atoms with Crippen molar-refractivity contribution >= 4 is 9.84 Å². The lowest BCUT2D eigenvalue weighted by Crippen LogP contribution is -2.30. The highest BCUT2D eigenvalue weighted by Crippen LogP contribution is 2.25. The van der Waals surface area contributed by atoms with Crippen molar-refractivity contribution in [2.45, 2.75) is 24.2 Å². The van der Waals surface area contributed by atoms with Crippen LogP contribution in [0.5, 0.6) is 0 Å². The van der Waals surface area contributed by atoms with Gasteiger partial charge in [0.1, 0.15) is 0 Å². The van der Waals surface area contributed by atoms with Gasteiger partial charge < -0.3 is 5.32 Å². The highest BCUT2D eigenvalue weighted by atomic mass is 32.2. The molecule has 19 heavy (non-hydrogen) atoms. The van der Waals surface area contributed by atoms with Gasteiger partial charge in [-0.25, -0.2) is 8.42 Å². The molecule has 1 fully saturated rings. The molecule has 0 heterocycles. The van der Waals surface area contributed by atoms with Gasteiger partial charge in [-0.05, 0) is 43.5 Å². The van der Waals surface area contributed by atoms with Gasteiger partial charge in [-0.3, -0.25) is 0 Å². The first-order valence-electron chi connectivity index (χ1n) is 6.55. The maximum Gasteiger partial charge on any atom is 0.179 e. The van der Waals surface area contributed by atoms with E-state index in [0.717, 1.165) is 12.5 Å². The Kier molecular flexibility index (Phi) is 4.56. The van der Waals surface area contributed by atoms with Gasteiger partial charge in [0.05, 0.1) is 22.3 Å². The Bertz CT molecular complexity index is 571. The van der Waals surface area contributed by atoms with Crippen LogP contribution in [0, 0.1) is 17.2 Å². The molecule has 1 saturated carbocycles. The number of benzene rings is 1. The lowest BCUT2D eigenvalue weighted by atomic mass is 9.85. The quantitative estimate of drug-likeness (QED) is 0.804. The van der Waals surface area contributed by atoms with Crippen molar-refractivity contribution in [1.82, 2.24) is 5.32 Å². The second-order valence-electron chi connectivity index (χ2n) is 4.96. The van der Waals surface area contributed by atoms with Crippen LogP contribution in [-0.4, -0.2) is 27.3 Å². The summed E-state index contributed by atoms with van der Waals surface area (Å²) in [6.07, 6.45) is 3.81. The average Bonchev–Trinajstić information content (AvgIpc) is 2.36. The smallest absolute Gasteiger partial charge is 0.179 e. The zero-order valence-corrected chi connectivity index (χ0v) is 11.6. The topological polar surface area (TPSA) is 70.0 Å². The number of hydrogen-bond acceptors (Lipinski definition) is 4. The Morgan fingerprint density at radius 3 is 2.79 bits per heavy atom. The Labute approximate surface area is 114 Å². The molecule has 0 bridgehead atoms. The van der Waals surface area contributed by atoms with Crippen LogP contribution in [0.1, 0.15) is 24.8 Å². The fraction of sp³-hybridized carbons (Fsp3) is 0.500. The highest BCUT2D eigenvalue weighted by Gasteiger charge is 2.18. The van der Waals surface area contributed by atoms with Gasteiger partial charge in [-0.15, -0.1) is 0 Å². The first-order chi connectivity index (χ1) is 9.12. The summed E-state index contributed by atoms with van der Waals surface area (Å²) in [6.45, 7) is 1.38. The van der Waals surface area contributed by atoms with Crippen LogP contribution in [0.25, 0.3) is 0 Å². The van der Waals surface area contributed by atoms with Crippen molar-refractivity contribution < 1.29 is 8.42 Å². The van der Waals surface area contributed by atoms with E-state index < -0.39 is 9.84 Å². The molecule has 1 aliphatic rings. The lowest BCUT2D eigenvalue weighted by molar-refractivity contribution is 0.304. The van der Waals surface area contributed by atoms with Crippen LogP contribution in [-0.2, 0) is 9.84 Å². The normalized spacial score (nSPS) is 15.7. The predicted octanol–water partition coefficient (Wildman–Crippen LogP) is 1.72. The second kappa shape index (κ2) is 6.18. The van der Waals surface area contributed by atoms with Crippen molar-refractivity contribution in [2.75, 3.05) is 18.8 Å². The minimum atomic E-state index is -3.29. The molecule has 2 rings (SSSR count). The van der Waals surface area contributed by atoms with Crippen molar-refractivity contribution in [2.24, 2.45) is 5.92 Å². The van der Waals surface area contributed by atoms with Gasteiger partial charge in [0, 0.05) is 6.54 Å². The van der Waals surface area contributed by atoms with Gasteiger partial charge in [-0.1, -0.05) is 12.5 Å². The third-order valence-corrected chi connectivity index (χ3v) is 5.24. The number of sulfone groups is 1. The van der Waals surface area contributed by atoms with Crippen LogP contribution in [0.3, 0.4) is 0 Å². The molecule has 1 N–H and O–H groups in total. The zero-order valence-electron chi connectivity index (χ0n) is 10.8. The first-order valence-corrected chi connectivity index (χ1v) is 8.21. The van der Waals surface area contributed by atoms with E-state index in [0.29, 0.717) is 12.1 Å². The molecular weight excluding hydrogens is 260 g/mol. The van der Waals surface area contributed by atoms with Crippen molar-refractivity contribution in [3.05, 3.63) is 29.8 Å². The predicted molar refractivity (Wildman–Crippen MR) is 73.4 cm³/mol. The Hall–Kier alpha value is -1.38. The van der Waals surface area contributed by atoms with E-state index in [4.69, 9.17) is 5.26 Å². The number of rotatable bonds is 6. The van der Waals surface area contributed by atoms with E-state index in [1.807, 2.05) is 6.07 Å². The summed E-state index contributed by atoms with van der Waals surface area (Å²) in [6, 6.07) is 8.14. The monoisotopic (exact) mass is 278 g/mol. The highest BCUT2D eigenvalue weighted by molar-refractivity contribution is 7.91. The molecule has 0 aliphatic heterocycles. The van der Waals surface area contributed by atoms with Gasteiger partial charge in [0.15, 0.2) is 9.84 Å². The number of hydrogen-bond donors (Lipinski definition) is 1. The molecule has 0 amide bonds. The Balaban J connectivity index is 1.88. The molecule has 4 nitrogen and oxygen atoms in total. The lowest BCUT2D eigenvalue weighted by Gasteiger charge is -2.25. The summed E-state index contributed by atoms with van der Waals surface area (Å²) >= 11 is 0. The molecule has 0 saturated heterocycles. The number of nitrogens with zero attached hydrogens (tertiary/aromatic N) is 1. The third-order valence-electron chi connectivity index (χ3n) is 3.53. The number of nitriles is 1. The number of nitrogens with one attached hydrogen (secondary N) is 1.